The number of fused-ring (bicyclic) bond motifs is 1. The molecular formula is C17H14FNO. The highest BCUT2D eigenvalue weighted by molar-refractivity contribution is 5.39. The number of hydrogen-bond donors (Lipinski definition) is 0. The van der Waals surface area contributed by atoms with Crippen LogP contribution >= 0.6 is 0 Å². The minimum Gasteiger partial charge on any atom is -0.489 e. The fourth-order valence-corrected chi connectivity index (χ4v) is 2.60. The number of hydrogen-bond acceptors (Lipinski definition) is 2. The molecule has 0 atom stereocenters. The fraction of sp³-hybridized carbons (Fsp3) is 0.235. The van der Waals surface area contributed by atoms with E-state index in [9.17, 15) is 4.39 Å². The van der Waals surface area contributed by atoms with Crippen LogP contribution in [0.1, 0.15) is 28.7 Å². The lowest BCUT2D eigenvalue weighted by Gasteiger charge is -2.08. The molecule has 0 spiro atoms. The highest BCUT2D eigenvalue weighted by Gasteiger charge is 2.11. The minimum atomic E-state index is -0.406. The van der Waals surface area contributed by atoms with Crippen LogP contribution < -0.4 is 4.74 Å². The molecule has 0 aliphatic heterocycles. The van der Waals surface area contributed by atoms with Crippen molar-refractivity contribution in [2.75, 3.05) is 0 Å². The van der Waals surface area contributed by atoms with E-state index >= 15 is 0 Å². The van der Waals surface area contributed by atoms with Crippen molar-refractivity contribution in [2.24, 2.45) is 0 Å². The maximum Gasteiger partial charge on any atom is 0.124 e. The Hall–Kier alpha value is -2.34. The Bertz CT molecular complexity index is 688. The maximum atomic E-state index is 13.3. The molecule has 0 amide bonds. The summed E-state index contributed by atoms with van der Waals surface area (Å²) >= 11 is 0. The molecule has 3 heteroatoms. The quantitative estimate of drug-likeness (QED) is 0.848. The average Bonchev–Trinajstić information content (AvgIpc) is 2.92. The summed E-state index contributed by atoms with van der Waals surface area (Å²) in [4.78, 5) is 0. The van der Waals surface area contributed by atoms with Gasteiger partial charge >= 0.3 is 0 Å². The second kappa shape index (κ2) is 5.34. The number of halogens is 1. The number of ether oxygens (including phenoxy) is 1. The van der Waals surface area contributed by atoms with E-state index in [1.807, 2.05) is 12.1 Å². The molecule has 20 heavy (non-hydrogen) atoms. The van der Waals surface area contributed by atoms with Gasteiger partial charge < -0.3 is 4.74 Å². The van der Waals surface area contributed by atoms with E-state index < -0.39 is 5.82 Å². The SMILES string of the molecule is N#Cc1cc(F)cc(COc2ccc3c(c2)CCC3)c1. The van der Waals surface area contributed by atoms with E-state index in [4.69, 9.17) is 10.00 Å². The van der Waals surface area contributed by atoms with Crippen LogP contribution in [0.2, 0.25) is 0 Å². The zero-order valence-corrected chi connectivity index (χ0v) is 11.0. The van der Waals surface area contributed by atoms with Crippen LogP contribution in [-0.4, -0.2) is 0 Å². The molecule has 100 valence electrons. The summed E-state index contributed by atoms with van der Waals surface area (Å²) in [5.41, 5.74) is 3.73. The van der Waals surface area contributed by atoms with E-state index in [1.165, 1.54) is 29.7 Å². The number of aryl methyl sites for hydroxylation is 2. The molecule has 2 nitrogen and oxygen atoms in total. The summed E-state index contributed by atoms with van der Waals surface area (Å²) in [7, 11) is 0. The molecule has 1 aliphatic carbocycles. The smallest absolute Gasteiger partial charge is 0.124 e. The molecule has 0 bridgehead atoms. The largest absolute Gasteiger partial charge is 0.489 e. The van der Waals surface area contributed by atoms with E-state index in [0.29, 0.717) is 11.1 Å². The standard InChI is InChI=1S/C17H14FNO/c18-16-7-12(10-19)6-13(8-16)11-20-17-5-4-14-2-1-3-15(14)9-17/h4-9H,1-3,11H2. The van der Waals surface area contributed by atoms with Crippen molar-refractivity contribution in [3.8, 4) is 11.8 Å². The van der Waals surface area contributed by atoms with Crippen LogP contribution in [0.5, 0.6) is 5.75 Å². The van der Waals surface area contributed by atoms with Crippen LogP contribution in [0, 0.1) is 17.1 Å². The highest BCUT2D eigenvalue weighted by Crippen LogP contribution is 2.26. The third kappa shape index (κ3) is 2.65. The van der Waals surface area contributed by atoms with Crippen LogP contribution in [0.15, 0.2) is 36.4 Å². The zero-order valence-electron chi connectivity index (χ0n) is 11.0. The Morgan fingerprint density at radius 2 is 1.95 bits per heavy atom. The van der Waals surface area contributed by atoms with Gasteiger partial charge in [0.1, 0.15) is 18.2 Å². The maximum absolute atomic E-state index is 13.3. The second-order valence-corrected chi connectivity index (χ2v) is 5.03. The molecule has 0 N–H and O–H groups in total. The number of rotatable bonds is 3. The van der Waals surface area contributed by atoms with E-state index in [0.717, 1.165) is 18.6 Å². The molecule has 0 unspecified atom stereocenters. The number of nitriles is 1. The molecular weight excluding hydrogens is 253 g/mol. The van der Waals surface area contributed by atoms with Gasteiger partial charge in [-0.05, 0) is 66.3 Å². The number of nitrogens with zero attached hydrogens (tertiary/aromatic N) is 1. The van der Waals surface area contributed by atoms with Crippen LogP contribution in [0.25, 0.3) is 0 Å². The van der Waals surface area contributed by atoms with Gasteiger partial charge in [0.25, 0.3) is 0 Å². The lowest BCUT2D eigenvalue weighted by Crippen LogP contribution is -1.98. The average molecular weight is 267 g/mol. The monoisotopic (exact) mass is 267 g/mol. The topological polar surface area (TPSA) is 33.0 Å². The van der Waals surface area contributed by atoms with Gasteiger partial charge in [0.15, 0.2) is 0 Å². The molecule has 2 aromatic rings. The summed E-state index contributed by atoms with van der Waals surface area (Å²) in [6.45, 7) is 0.269. The Balaban J connectivity index is 1.73. The lowest BCUT2D eigenvalue weighted by molar-refractivity contribution is 0.305. The molecule has 0 fully saturated rings. The first kappa shape index (κ1) is 12.7. The van der Waals surface area contributed by atoms with Crippen LogP contribution in [-0.2, 0) is 19.4 Å². The van der Waals surface area contributed by atoms with Crippen molar-refractivity contribution >= 4 is 0 Å². The normalized spacial score (nSPS) is 12.8. The van der Waals surface area contributed by atoms with Gasteiger partial charge in [0.05, 0.1) is 11.6 Å². The summed E-state index contributed by atoms with van der Waals surface area (Å²) in [5, 5.41) is 8.82. The third-order valence-corrected chi connectivity index (χ3v) is 3.56. The predicted molar refractivity (Wildman–Crippen MR) is 73.9 cm³/mol. The van der Waals surface area contributed by atoms with Crippen molar-refractivity contribution in [3.05, 3.63) is 64.5 Å². The first-order valence-corrected chi connectivity index (χ1v) is 6.69. The minimum absolute atomic E-state index is 0.269. The first-order valence-electron chi connectivity index (χ1n) is 6.69. The molecule has 0 radical (unpaired) electrons. The number of benzene rings is 2. The second-order valence-electron chi connectivity index (χ2n) is 5.03. The molecule has 0 aromatic heterocycles. The Kier molecular flexibility index (Phi) is 3.39. The Morgan fingerprint density at radius 1 is 1.10 bits per heavy atom. The summed E-state index contributed by atoms with van der Waals surface area (Å²) < 4.78 is 19.0. The fourth-order valence-electron chi connectivity index (χ4n) is 2.60. The van der Waals surface area contributed by atoms with Crippen molar-refractivity contribution in [2.45, 2.75) is 25.9 Å². The van der Waals surface area contributed by atoms with E-state index in [2.05, 4.69) is 12.1 Å². The predicted octanol–water partition coefficient (Wildman–Crippen LogP) is 3.77. The highest BCUT2D eigenvalue weighted by atomic mass is 19.1. The molecule has 0 saturated heterocycles. The molecule has 0 saturated carbocycles. The van der Waals surface area contributed by atoms with E-state index in [1.54, 1.807) is 6.07 Å². The van der Waals surface area contributed by atoms with Gasteiger partial charge in [0, 0.05) is 0 Å². The van der Waals surface area contributed by atoms with E-state index in [-0.39, 0.29) is 6.61 Å². The van der Waals surface area contributed by atoms with Gasteiger partial charge in [-0.1, -0.05) is 6.07 Å². The van der Waals surface area contributed by atoms with Gasteiger partial charge in [-0.3, -0.25) is 0 Å². The Labute approximate surface area is 117 Å². The molecule has 1 aliphatic rings. The summed E-state index contributed by atoms with van der Waals surface area (Å²) in [6, 6.07) is 12.3. The molecule has 3 rings (SSSR count). The lowest BCUT2D eigenvalue weighted by atomic mass is 10.1. The van der Waals surface area contributed by atoms with Gasteiger partial charge in [-0.2, -0.15) is 5.26 Å². The van der Waals surface area contributed by atoms with Crippen molar-refractivity contribution in [3.63, 3.8) is 0 Å². The van der Waals surface area contributed by atoms with Crippen molar-refractivity contribution in [1.82, 2.24) is 0 Å². The van der Waals surface area contributed by atoms with Crippen LogP contribution in [0.4, 0.5) is 4.39 Å². The first-order chi connectivity index (χ1) is 9.74. The van der Waals surface area contributed by atoms with Gasteiger partial charge in [0.2, 0.25) is 0 Å². The zero-order chi connectivity index (χ0) is 13.9. The third-order valence-electron chi connectivity index (χ3n) is 3.56. The van der Waals surface area contributed by atoms with Gasteiger partial charge in [-0.25, -0.2) is 4.39 Å². The summed E-state index contributed by atoms with van der Waals surface area (Å²) in [5.74, 6) is 0.394. The molecule has 0 heterocycles. The summed E-state index contributed by atoms with van der Waals surface area (Å²) in [6.07, 6.45) is 3.45. The van der Waals surface area contributed by atoms with Crippen molar-refractivity contribution in [1.29, 1.82) is 5.26 Å². The Morgan fingerprint density at radius 3 is 2.80 bits per heavy atom. The molecule has 2 aromatic carbocycles. The van der Waals surface area contributed by atoms with Gasteiger partial charge in [-0.15, -0.1) is 0 Å². The van der Waals surface area contributed by atoms with Crippen LogP contribution in [0.3, 0.4) is 0 Å². The van der Waals surface area contributed by atoms with Crippen molar-refractivity contribution < 1.29 is 9.13 Å².